The zero-order chi connectivity index (χ0) is 8.13. The van der Waals surface area contributed by atoms with Crippen LogP contribution >= 0.6 is 22.6 Å². The van der Waals surface area contributed by atoms with Crippen molar-refractivity contribution in [3.05, 3.63) is 15.7 Å². The Balaban J connectivity index is 1.81. The molecule has 1 aromatic heterocycles. The van der Waals surface area contributed by atoms with E-state index in [9.17, 15) is 0 Å². The van der Waals surface area contributed by atoms with Crippen LogP contribution in [0, 0.1) is 9.62 Å². The summed E-state index contributed by atoms with van der Waals surface area (Å²) in [5, 5.41) is 3.56. The molecule has 1 aromatic rings. The normalized spacial score (nSPS) is 38.2. The summed E-state index contributed by atoms with van der Waals surface area (Å²) >= 11 is 2.26. The van der Waals surface area contributed by atoms with Gasteiger partial charge in [-0.25, -0.2) is 4.98 Å². The molecule has 12 heavy (non-hydrogen) atoms. The molecule has 1 saturated carbocycles. The monoisotopic (exact) mass is 275 g/mol. The van der Waals surface area contributed by atoms with E-state index in [0.717, 1.165) is 21.5 Å². The molecule has 2 aliphatic rings. The van der Waals surface area contributed by atoms with Crippen LogP contribution in [-0.4, -0.2) is 16.0 Å². The van der Waals surface area contributed by atoms with Crippen molar-refractivity contribution in [2.45, 2.75) is 24.9 Å². The van der Waals surface area contributed by atoms with Crippen LogP contribution in [0.5, 0.6) is 0 Å². The first-order chi connectivity index (χ1) is 5.83. The molecule has 0 spiro atoms. The van der Waals surface area contributed by atoms with E-state index in [1.54, 1.807) is 0 Å². The molecule has 4 heteroatoms. The highest BCUT2D eigenvalue weighted by molar-refractivity contribution is 14.1. The average molecular weight is 275 g/mol. The van der Waals surface area contributed by atoms with Crippen LogP contribution in [0.3, 0.4) is 0 Å². The average Bonchev–Trinajstić information content (AvgIpc) is 2.49. The molecule has 2 fully saturated rings. The van der Waals surface area contributed by atoms with E-state index in [4.69, 9.17) is 0 Å². The zero-order valence-corrected chi connectivity index (χ0v) is 8.71. The second-order valence-corrected chi connectivity index (χ2v) is 4.84. The van der Waals surface area contributed by atoms with Crippen LogP contribution in [0.25, 0.3) is 0 Å². The first-order valence-electron chi connectivity index (χ1n) is 4.29. The second kappa shape index (κ2) is 2.45. The number of aromatic nitrogens is 2. The summed E-state index contributed by atoms with van der Waals surface area (Å²) in [5.41, 5.74) is 0. The van der Waals surface area contributed by atoms with Gasteiger partial charge >= 0.3 is 0 Å². The molecular weight excluding hydrogens is 265 g/mol. The number of hydrogen-bond acceptors (Lipinski definition) is 2. The number of halogens is 1. The van der Waals surface area contributed by atoms with Crippen LogP contribution in [0.15, 0.2) is 6.20 Å². The van der Waals surface area contributed by atoms with Gasteiger partial charge in [0.25, 0.3) is 0 Å². The molecule has 0 unspecified atom stereocenters. The Bertz CT molecular complexity index is 299. The van der Waals surface area contributed by atoms with Crippen molar-refractivity contribution in [3.63, 3.8) is 0 Å². The quantitative estimate of drug-likeness (QED) is 0.761. The van der Waals surface area contributed by atoms with Gasteiger partial charge in [-0.1, -0.05) is 0 Å². The van der Waals surface area contributed by atoms with Gasteiger partial charge < -0.3 is 10.3 Å². The maximum Gasteiger partial charge on any atom is 0.124 e. The Kier molecular flexibility index (Phi) is 1.49. The SMILES string of the molecule is Ic1cnc([C@@H]2C[C@H]3C[C@H]3N2)[nH]1. The first-order valence-corrected chi connectivity index (χ1v) is 5.37. The fourth-order valence-electron chi connectivity index (χ4n) is 2.02. The lowest BCUT2D eigenvalue weighted by molar-refractivity contribution is 0.542. The highest BCUT2D eigenvalue weighted by atomic mass is 127. The molecular formula is C8H10IN3. The van der Waals surface area contributed by atoms with Crippen LogP contribution in [0.1, 0.15) is 24.7 Å². The summed E-state index contributed by atoms with van der Waals surface area (Å²) in [6.07, 6.45) is 4.55. The molecule has 0 amide bonds. The van der Waals surface area contributed by atoms with Gasteiger partial charge in [0.05, 0.1) is 15.9 Å². The van der Waals surface area contributed by atoms with E-state index in [-0.39, 0.29) is 0 Å². The third kappa shape index (κ3) is 1.08. The number of fused-ring (bicyclic) bond motifs is 1. The number of H-pyrrole nitrogens is 1. The van der Waals surface area contributed by atoms with Crippen LogP contribution in [0.2, 0.25) is 0 Å². The molecule has 2 N–H and O–H groups in total. The number of piperidine rings is 1. The number of imidazole rings is 1. The number of aromatic amines is 1. The Labute approximate surface area is 84.5 Å². The van der Waals surface area contributed by atoms with E-state index in [1.165, 1.54) is 12.8 Å². The molecule has 1 aliphatic heterocycles. The van der Waals surface area contributed by atoms with Gasteiger partial charge in [0.15, 0.2) is 0 Å². The number of nitrogens with zero attached hydrogens (tertiary/aromatic N) is 1. The molecule has 3 nitrogen and oxygen atoms in total. The molecule has 64 valence electrons. The van der Waals surface area contributed by atoms with Crippen molar-refractivity contribution in [2.24, 2.45) is 5.92 Å². The standard InChI is InChI=1S/C8H10IN3/c9-7-3-10-8(12-7)6-2-4-1-5(4)11-6/h3-6,11H,1-2H2,(H,10,12)/t4-,5-,6+/m1/s1. The van der Waals surface area contributed by atoms with E-state index in [0.29, 0.717) is 6.04 Å². The van der Waals surface area contributed by atoms with Crippen molar-refractivity contribution < 1.29 is 0 Å². The van der Waals surface area contributed by atoms with E-state index in [2.05, 4.69) is 37.9 Å². The smallest absolute Gasteiger partial charge is 0.124 e. The molecule has 3 rings (SSSR count). The Morgan fingerprint density at radius 2 is 2.42 bits per heavy atom. The molecule has 0 bridgehead atoms. The number of rotatable bonds is 1. The van der Waals surface area contributed by atoms with Gasteiger partial charge in [-0.15, -0.1) is 0 Å². The fourth-order valence-corrected chi connectivity index (χ4v) is 2.44. The second-order valence-electron chi connectivity index (χ2n) is 3.67. The Morgan fingerprint density at radius 3 is 3.00 bits per heavy atom. The third-order valence-electron chi connectivity index (χ3n) is 2.77. The van der Waals surface area contributed by atoms with E-state index < -0.39 is 0 Å². The largest absolute Gasteiger partial charge is 0.336 e. The molecule has 0 radical (unpaired) electrons. The lowest BCUT2D eigenvalue weighted by Gasteiger charge is -2.08. The fraction of sp³-hybridized carbons (Fsp3) is 0.625. The van der Waals surface area contributed by atoms with Gasteiger partial charge in [0.1, 0.15) is 5.82 Å². The lowest BCUT2D eigenvalue weighted by Crippen LogP contribution is -2.18. The third-order valence-corrected chi connectivity index (χ3v) is 3.32. The predicted molar refractivity (Wildman–Crippen MR) is 53.7 cm³/mol. The minimum absolute atomic E-state index is 0.497. The van der Waals surface area contributed by atoms with Crippen LogP contribution in [0.4, 0.5) is 0 Å². The highest BCUT2D eigenvalue weighted by Gasteiger charge is 2.46. The molecule has 2 heterocycles. The summed E-state index contributed by atoms with van der Waals surface area (Å²) in [6, 6.07) is 1.30. The highest BCUT2D eigenvalue weighted by Crippen LogP contribution is 2.45. The van der Waals surface area contributed by atoms with Crippen molar-refractivity contribution in [2.75, 3.05) is 0 Å². The zero-order valence-electron chi connectivity index (χ0n) is 6.55. The van der Waals surface area contributed by atoms with Gasteiger partial charge in [-0.2, -0.15) is 0 Å². The molecule has 0 aromatic carbocycles. The van der Waals surface area contributed by atoms with E-state index >= 15 is 0 Å². The maximum atomic E-state index is 4.33. The summed E-state index contributed by atoms with van der Waals surface area (Å²) in [7, 11) is 0. The van der Waals surface area contributed by atoms with Gasteiger partial charge in [0, 0.05) is 6.04 Å². The van der Waals surface area contributed by atoms with Crippen molar-refractivity contribution in [3.8, 4) is 0 Å². The molecule has 3 atom stereocenters. The first kappa shape index (κ1) is 7.32. The van der Waals surface area contributed by atoms with Crippen molar-refractivity contribution >= 4 is 22.6 Å². The predicted octanol–water partition coefficient (Wildman–Crippen LogP) is 1.44. The maximum absolute atomic E-state index is 4.33. The summed E-state index contributed by atoms with van der Waals surface area (Å²) in [4.78, 5) is 7.60. The lowest BCUT2D eigenvalue weighted by atomic mass is 10.2. The Hall–Kier alpha value is -0.100. The van der Waals surface area contributed by atoms with Gasteiger partial charge in [0.2, 0.25) is 0 Å². The minimum atomic E-state index is 0.497. The summed E-state index contributed by atoms with van der Waals surface area (Å²) in [5.74, 6) is 2.06. The topological polar surface area (TPSA) is 40.7 Å². The Morgan fingerprint density at radius 1 is 1.50 bits per heavy atom. The van der Waals surface area contributed by atoms with Crippen molar-refractivity contribution in [1.82, 2.24) is 15.3 Å². The molecule has 1 aliphatic carbocycles. The number of nitrogens with one attached hydrogen (secondary N) is 2. The van der Waals surface area contributed by atoms with Gasteiger partial charge in [-0.05, 0) is 41.4 Å². The van der Waals surface area contributed by atoms with Crippen LogP contribution < -0.4 is 5.32 Å². The van der Waals surface area contributed by atoms with Gasteiger partial charge in [-0.3, -0.25) is 0 Å². The minimum Gasteiger partial charge on any atom is -0.336 e. The number of hydrogen-bond donors (Lipinski definition) is 2. The van der Waals surface area contributed by atoms with Crippen LogP contribution in [-0.2, 0) is 0 Å². The summed E-state index contributed by atoms with van der Waals surface area (Å²) < 4.78 is 1.13. The molecule has 1 saturated heterocycles. The van der Waals surface area contributed by atoms with Crippen molar-refractivity contribution in [1.29, 1.82) is 0 Å². The van der Waals surface area contributed by atoms with E-state index in [1.807, 2.05) is 6.20 Å². The summed E-state index contributed by atoms with van der Waals surface area (Å²) in [6.45, 7) is 0.